The Labute approximate surface area is 144 Å². The van der Waals surface area contributed by atoms with E-state index < -0.39 is 0 Å². The quantitative estimate of drug-likeness (QED) is 0.685. The van der Waals surface area contributed by atoms with E-state index in [9.17, 15) is 9.59 Å². The van der Waals surface area contributed by atoms with Crippen molar-refractivity contribution in [3.63, 3.8) is 0 Å². The van der Waals surface area contributed by atoms with Crippen LogP contribution in [0.5, 0.6) is 0 Å². The van der Waals surface area contributed by atoms with Crippen LogP contribution in [-0.4, -0.2) is 17.9 Å². The molecular weight excluding hydrogens is 300 g/mol. The summed E-state index contributed by atoms with van der Waals surface area (Å²) < 4.78 is 5.72. The van der Waals surface area contributed by atoms with E-state index in [-0.39, 0.29) is 28.3 Å². The molecule has 130 valence electrons. The first-order valence-electron chi connectivity index (χ1n) is 9.72. The van der Waals surface area contributed by atoms with Gasteiger partial charge in [0.05, 0.1) is 0 Å². The van der Waals surface area contributed by atoms with Crippen LogP contribution in [0, 0.1) is 39.9 Å². The van der Waals surface area contributed by atoms with E-state index in [1.54, 1.807) is 0 Å². The van der Waals surface area contributed by atoms with Crippen molar-refractivity contribution in [2.45, 2.75) is 65.4 Å². The Kier molecular flexibility index (Phi) is 2.74. The van der Waals surface area contributed by atoms with E-state index in [1.807, 2.05) is 6.08 Å². The third-order valence-corrected chi connectivity index (χ3v) is 9.11. The van der Waals surface area contributed by atoms with Crippen LogP contribution in [0.25, 0.3) is 0 Å². The predicted molar refractivity (Wildman–Crippen MR) is 90.0 cm³/mol. The summed E-state index contributed by atoms with van der Waals surface area (Å²) in [6.07, 6.45) is 11.2. The van der Waals surface area contributed by atoms with Crippen molar-refractivity contribution in [2.75, 3.05) is 0 Å². The first kappa shape index (κ1) is 15.2. The summed E-state index contributed by atoms with van der Waals surface area (Å²) in [6.45, 7) is 6.33. The Balaban J connectivity index is 1.49. The molecule has 0 amide bonds. The van der Waals surface area contributed by atoms with E-state index in [0.717, 1.165) is 19.3 Å². The average Bonchev–Trinajstić information content (AvgIpc) is 3.10. The SMILES string of the molecule is CC(=O)O[C@H]1CC[C@H]2C3C[C@]45C[C@H]4C(=O)C=C[C@]5(C)[C@H]3CC[C@]12C. The van der Waals surface area contributed by atoms with Gasteiger partial charge in [-0.3, -0.25) is 9.59 Å². The van der Waals surface area contributed by atoms with Crippen molar-refractivity contribution < 1.29 is 14.3 Å². The molecule has 0 aromatic rings. The minimum Gasteiger partial charge on any atom is -0.462 e. The molecule has 4 saturated carbocycles. The van der Waals surface area contributed by atoms with Gasteiger partial charge < -0.3 is 4.74 Å². The number of hydrogen-bond acceptors (Lipinski definition) is 3. The standard InChI is InChI=1S/C21H28O3/c1-12(22)24-18-5-4-14-13-10-21-11-16(21)17(23)7-9-20(21,3)15(13)6-8-19(14,18)2/h7,9,13-16,18H,4-6,8,10-11H2,1-3H3/t13?,14-,15-,16-,18-,19-,20+,21-/m0/s1. The van der Waals surface area contributed by atoms with Crippen LogP contribution in [0.1, 0.15) is 59.3 Å². The highest BCUT2D eigenvalue weighted by molar-refractivity contribution is 5.96. The molecule has 0 aromatic heterocycles. The van der Waals surface area contributed by atoms with Crippen LogP contribution in [-0.2, 0) is 14.3 Å². The summed E-state index contributed by atoms with van der Waals surface area (Å²) in [6, 6.07) is 0. The maximum absolute atomic E-state index is 12.2. The highest BCUT2D eigenvalue weighted by atomic mass is 16.5. The fourth-order valence-electron chi connectivity index (χ4n) is 7.83. The summed E-state index contributed by atoms with van der Waals surface area (Å²) in [7, 11) is 0. The lowest BCUT2D eigenvalue weighted by Crippen LogP contribution is -2.45. The maximum atomic E-state index is 12.2. The maximum Gasteiger partial charge on any atom is 0.302 e. The number of ether oxygens (including phenoxy) is 1. The molecule has 0 aromatic carbocycles. The van der Waals surface area contributed by atoms with E-state index in [2.05, 4.69) is 19.9 Å². The van der Waals surface area contributed by atoms with Crippen molar-refractivity contribution in [1.29, 1.82) is 0 Å². The lowest BCUT2D eigenvalue weighted by Gasteiger charge is -2.49. The van der Waals surface area contributed by atoms with E-state index in [4.69, 9.17) is 4.74 Å². The summed E-state index contributed by atoms with van der Waals surface area (Å²) in [4.78, 5) is 23.8. The molecular formula is C21H28O3. The number of rotatable bonds is 1. The topological polar surface area (TPSA) is 43.4 Å². The van der Waals surface area contributed by atoms with Crippen LogP contribution in [0.3, 0.4) is 0 Å². The van der Waals surface area contributed by atoms with E-state index in [0.29, 0.717) is 29.5 Å². The van der Waals surface area contributed by atoms with Gasteiger partial charge in [0.2, 0.25) is 0 Å². The summed E-state index contributed by atoms with van der Waals surface area (Å²) >= 11 is 0. The van der Waals surface area contributed by atoms with Crippen LogP contribution in [0.4, 0.5) is 0 Å². The lowest BCUT2D eigenvalue weighted by atomic mass is 9.57. The van der Waals surface area contributed by atoms with Gasteiger partial charge in [-0.05, 0) is 73.2 Å². The molecule has 1 spiro atoms. The molecule has 1 unspecified atom stereocenters. The number of hydrogen-bond donors (Lipinski definition) is 0. The molecule has 24 heavy (non-hydrogen) atoms. The summed E-state index contributed by atoms with van der Waals surface area (Å²) in [5.74, 6) is 2.61. The van der Waals surface area contributed by atoms with Gasteiger partial charge in [-0.25, -0.2) is 0 Å². The molecule has 3 nitrogen and oxygen atoms in total. The zero-order chi connectivity index (χ0) is 16.9. The van der Waals surface area contributed by atoms with Crippen LogP contribution >= 0.6 is 0 Å². The molecule has 8 atom stereocenters. The van der Waals surface area contributed by atoms with Crippen LogP contribution in [0.2, 0.25) is 0 Å². The Morgan fingerprint density at radius 1 is 1.17 bits per heavy atom. The third kappa shape index (κ3) is 1.55. The lowest BCUT2D eigenvalue weighted by molar-refractivity contribution is -0.155. The molecule has 0 radical (unpaired) electrons. The highest BCUT2D eigenvalue weighted by Gasteiger charge is 2.76. The fourth-order valence-corrected chi connectivity index (χ4v) is 7.83. The summed E-state index contributed by atoms with van der Waals surface area (Å²) in [5.41, 5.74) is 0.626. The largest absolute Gasteiger partial charge is 0.462 e. The second-order valence-corrected chi connectivity index (χ2v) is 9.73. The fraction of sp³-hybridized carbons (Fsp3) is 0.810. The van der Waals surface area contributed by atoms with Crippen molar-refractivity contribution >= 4 is 11.8 Å². The van der Waals surface area contributed by atoms with Gasteiger partial charge in [-0.15, -0.1) is 0 Å². The molecule has 4 fully saturated rings. The Hall–Kier alpha value is -1.12. The molecule has 0 saturated heterocycles. The molecule has 0 heterocycles. The average molecular weight is 328 g/mol. The Morgan fingerprint density at radius 2 is 1.96 bits per heavy atom. The number of allylic oxidation sites excluding steroid dienone is 2. The first-order chi connectivity index (χ1) is 11.3. The number of esters is 1. The monoisotopic (exact) mass is 328 g/mol. The zero-order valence-electron chi connectivity index (χ0n) is 15.0. The van der Waals surface area contributed by atoms with E-state index in [1.165, 1.54) is 26.2 Å². The van der Waals surface area contributed by atoms with Crippen LogP contribution < -0.4 is 0 Å². The predicted octanol–water partition coefficient (Wildman–Crippen LogP) is 3.92. The smallest absolute Gasteiger partial charge is 0.302 e. The molecule has 5 rings (SSSR count). The Morgan fingerprint density at radius 3 is 2.71 bits per heavy atom. The number of fused-ring (bicyclic) bond motifs is 4. The van der Waals surface area contributed by atoms with Gasteiger partial charge in [0.1, 0.15) is 6.10 Å². The second kappa shape index (κ2) is 4.34. The number of ketones is 1. The van der Waals surface area contributed by atoms with Crippen molar-refractivity contribution in [1.82, 2.24) is 0 Å². The van der Waals surface area contributed by atoms with Gasteiger partial charge in [0.15, 0.2) is 5.78 Å². The van der Waals surface area contributed by atoms with Crippen molar-refractivity contribution in [2.24, 2.45) is 39.9 Å². The van der Waals surface area contributed by atoms with E-state index >= 15 is 0 Å². The van der Waals surface area contributed by atoms with Gasteiger partial charge in [0, 0.05) is 18.3 Å². The molecule has 0 N–H and O–H groups in total. The molecule has 0 aliphatic heterocycles. The minimum absolute atomic E-state index is 0.0982. The normalized spacial score (nSPS) is 57.0. The molecule has 3 heteroatoms. The van der Waals surface area contributed by atoms with Gasteiger partial charge in [0.25, 0.3) is 0 Å². The molecule has 5 aliphatic carbocycles. The zero-order valence-corrected chi connectivity index (χ0v) is 15.0. The van der Waals surface area contributed by atoms with Gasteiger partial charge in [-0.2, -0.15) is 0 Å². The number of carbonyl (C=O) groups excluding carboxylic acids is 2. The van der Waals surface area contributed by atoms with Crippen LogP contribution in [0.15, 0.2) is 12.2 Å². The summed E-state index contributed by atoms with van der Waals surface area (Å²) in [5, 5.41) is 0. The minimum atomic E-state index is -0.134. The number of carbonyl (C=O) groups is 2. The van der Waals surface area contributed by atoms with Gasteiger partial charge in [-0.1, -0.05) is 19.9 Å². The first-order valence-corrected chi connectivity index (χ1v) is 9.72. The second-order valence-electron chi connectivity index (χ2n) is 9.73. The third-order valence-electron chi connectivity index (χ3n) is 9.11. The van der Waals surface area contributed by atoms with Crippen molar-refractivity contribution in [3.05, 3.63) is 12.2 Å². The van der Waals surface area contributed by atoms with Gasteiger partial charge >= 0.3 is 5.97 Å². The Bertz CT molecular complexity index is 666. The van der Waals surface area contributed by atoms with Crippen molar-refractivity contribution in [3.8, 4) is 0 Å². The molecule has 5 aliphatic rings. The highest BCUT2D eigenvalue weighted by Crippen LogP contribution is 2.80. The molecule has 0 bridgehead atoms.